The van der Waals surface area contributed by atoms with Crippen LogP contribution in [0, 0.1) is 5.92 Å². The first-order valence-electron chi connectivity index (χ1n) is 7.72. The molecule has 1 fully saturated rings. The summed E-state index contributed by atoms with van der Waals surface area (Å²) in [6.07, 6.45) is -0.444. The quantitative estimate of drug-likeness (QED) is 0.766. The second kappa shape index (κ2) is 5.34. The first-order valence-corrected chi connectivity index (χ1v) is 7.72. The standard InChI is InChI=1S/C18H13F3N2O2/c19-18(20,21)11-5-3-10(4-6-11)14-9-23(15-8-13(15)17(24)25)16-12(14)2-1-7-22-16/h1-7,9,13,15H,8H2,(H,24,25)/t13-,15?/m1/s1. The molecule has 3 aromatic rings. The normalized spacial score (nSPS) is 20.0. The van der Waals surface area contributed by atoms with Crippen LogP contribution in [0.1, 0.15) is 18.0 Å². The molecule has 0 spiro atoms. The fraction of sp³-hybridized carbons (Fsp3) is 0.222. The lowest BCUT2D eigenvalue weighted by molar-refractivity contribution is -0.139. The summed E-state index contributed by atoms with van der Waals surface area (Å²) in [5.41, 5.74) is 1.32. The molecule has 0 aliphatic heterocycles. The molecular formula is C18H13F3N2O2. The Bertz CT molecular complexity index is 961. The molecule has 2 aromatic heterocycles. The zero-order valence-corrected chi connectivity index (χ0v) is 12.9. The Morgan fingerprint density at radius 3 is 2.52 bits per heavy atom. The van der Waals surface area contributed by atoms with Crippen molar-refractivity contribution in [3.8, 4) is 11.1 Å². The van der Waals surface area contributed by atoms with Crippen molar-refractivity contribution in [1.82, 2.24) is 9.55 Å². The van der Waals surface area contributed by atoms with Crippen molar-refractivity contribution in [2.45, 2.75) is 18.6 Å². The van der Waals surface area contributed by atoms with Crippen LogP contribution >= 0.6 is 0 Å². The number of hydrogen-bond acceptors (Lipinski definition) is 2. The predicted octanol–water partition coefficient (Wildman–Crippen LogP) is 4.37. The van der Waals surface area contributed by atoms with Crippen LogP contribution in [0.2, 0.25) is 0 Å². The summed E-state index contributed by atoms with van der Waals surface area (Å²) in [5, 5.41) is 9.94. The zero-order valence-electron chi connectivity index (χ0n) is 12.9. The Morgan fingerprint density at radius 2 is 1.92 bits per heavy atom. The van der Waals surface area contributed by atoms with Gasteiger partial charge in [-0.3, -0.25) is 4.79 Å². The van der Waals surface area contributed by atoms with Crippen molar-refractivity contribution in [3.05, 3.63) is 54.4 Å². The maximum atomic E-state index is 12.7. The van der Waals surface area contributed by atoms with Crippen molar-refractivity contribution >= 4 is 17.0 Å². The van der Waals surface area contributed by atoms with E-state index in [9.17, 15) is 18.0 Å². The first-order chi connectivity index (χ1) is 11.9. The Morgan fingerprint density at radius 1 is 1.20 bits per heavy atom. The van der Waals surface area contributed by atoms with Gasteiger partial charge in [0.25, 0.3) is 0 Å². The van der Waals surface area contributed by atoms with E-state index in [-0.39, 0.29) is 6.04 Å². The molecule has 1 N–H and O–H groups in total. The van der Waals surface area contributed by atoms with Crippen molar-refractivity contribution in [1.29, 1.82) is 0 Å². The molecular weight excluding hydrogens is 333 g/mol. The number of carboxylic acid groups (broad SMARTS) is 1. The Hall–Kier alpha value is -2.83. The van der Waals surface area contributed by atoms with Gasteiger partial charge in [-0.25, -0.2) is 4.98 Å². The third-order valence-corrected chi connectivity index (χ3v) is 4.54. The lowest BCUT2D eigenvalue weighted by atomic mass is 10.0. The van der Waals surface area contributed by atoms with Gasteiger partial charge < -0.3 is 9.67 Å². The largest absolute Gasteiger partial charge is 0.481 e. The van der Waals surface area contributed by atoms with Gasteiger partial charge in [0.1, 0.15) is 5.65 Å². The summed E-state index contributed by atoms with van der Waals surface area (Å²) in [6, 6.07) is 8.37. The van der Waals surface area contributed by atoms with E-state index >= 15 is 0 Å². The molecule has 0 bridgehead atoms. The van der Waals surface area contributed by atoms with E-state index in [1.807, 2.05) is 10.6 Å². The predicted molar refractivity (Wildman–Crippen MR) is 85.0 cm³/mol. The maximum Gasteiger partial charge on any atom is 0.416 e. The van der Waals surface area contributed by atoms with E-state index in [2.05, 4.69) is 4.98 Å². The second-order valence-electron chi connectivity index (χ2n) is 6.15. The van der Waals surface area contributed by atoms with Crippen molar-refractivity contribution in [2.75, 3.05) is 0 Å². The fourth-order valence-electron chi connectivity index (χ4n) is 3.16. The van der Waals surface area contributed by atoms with Crippen LogP contribution in [0.3, 0.4) is 0 Å². The van der Waals surface area contributed by atoms with E-state index in [1.54, 1.807) is 18.5 Å². The van der Waals surface area contributed by atoms with Crippen LogP contribution in [0.25, 0.3) is 22.2 Å². The molecule has 4 nitrogen and oxygen atoms in total. The average Bonchev–Trinajstić information content (AvgIpc) is 3.29. The van der Waals surface area contributed by atoms with Crippen LogP contribution in [-0.2, 0) is 11.0 Å². The highest BCUT2D eigenvalue weighted by Crippen LogP contribution is 2.46. The number of aliphatic carboxylic acids is 1. The summed E-state index contributed by atoms with van der Waals surface area (Å²) in [5.74, 6) is -1.29. The second-order valence-corrected chi connectivity index (χ2v) is 6.15. The minimum absolute atomic E-state index is 0.168. The molecule has 4 rings (SSSR count). The van der Waals surface area contributed by atoms with Crippen LogP contribution in [0.5, 0.6) is 0 Å². The summed E-state index contributed by atoms with van der Waals surface area (Å²) in [6.45, 7) is 0. The van der Waals surface area contributed by atoms with Gasteiger partial charge in [0.05, 0.1) is 11.5 Å². The first kappa shape index (κ1) is 15.7. The van der Waals surface area contributed by atoms with Crippen molar-refractivity contribution in [3.63, 3.8) is 0 Å². The van der Waals surface area contributed by atoms with Gasteiger partial charge in [-0.15, -0.1) is 0 Å². The number of halogens is 3. The number of aromatic nitrogens is 2. The minimum atomic E-state index is -4.38. The smallest absolute Gasteiger partial charge is 0.416 e. The number of alkyl halides is 3. The zero-order chi connectivity index (χ0) is 17.8. The Labute approximate surface area is 140 Å². The number of rotatable bonds is 3. The van der Waals surface area contributed by atoms with Gasteiger partial charge >= 0.3 is 12.1 Å². The van der Waals surface area contributed by atoms with Crippen LogP contribution in [0.4, 0.5) is 13.2 Å². The molecule has 0 amide bonds. The van der Waals surface area contributed by atoms with Gasteiger partial charge in [0.15, 0.2) is 0 Å². The molecule has 1 aromatic carbocycles. The number of nitrogens with zero attached hydrogens (tertiary/aromatic N) is 2. The van der Waals surface area contributed by atoms with Crippen LogP contribution < -0.4 is 0 Å². The molecule has 25 heavy (non-hydrogen) atoms. The van der Waals surface area contributed by atoms with Gasteiger partial charge in [0.2, 0.25) is 0 Å². The lowest BCUT2D eigenvalue weighted by Gasteiger charge is -2.07. The molecule has 2 heterocycles. The van der Waals surface area contributed by atoms with Crippen molar-refractivity contribution in [2.24, 2.45) is 5.92 Å². The van der Waals surface area contributed by atoms with E-state index in [0.29, 0.717) is 17.6 Å². The van der Waals surface area contributed by atoms with Crippen LogP contribution in [0.15, 0.2) is 48.8 Å². The third kappa shape index (κ3) is 2.65. The SMILES string of the molecule is O=C(O)[C@@H]1CC1n1cc(-c2ccc(C(F)(F)F)cc2)c2cccnc21. The number of benzene rings is 1. The number of carbonyl (C=O) groups is 1. The Kier molecular flexibility index (Phi) is 3.35. The van der Waals surface area contributed by atoms with Gasteiger partial charge in [0, 0.05) is 29.4 Å². The van der Waals surface area contributed by atoms with E-state index in [0.717, 1.165) is 23.1 Å². The molecule has 1 aliphatic carbocycles. The fourth-order valence-corrected chi connectivity index (χ4v) is 3.16. The molecule has 128 valence electrons. The lowest BCUT2D eigenvalue weighted by Crippen LogP contribution is -2.04. The van der Waals surface area contributed by atoms with E-state index in [4.69, 9.17) is 5.11 Å². The van der Waals surface area contributed by atoms with Gasteiger partial charge in [-0.1, -0.05) is 12.1 Å². The molecule has 0 saturated heterocycles. The van der Waals surface area contributed by atoms with Gasteiger partial charge in [-0.2, -0.15) is 13.2 Å². The topological polar surface area (TPSA) is 55.1 Å². The highest BCUT2D eigenvalue weighted by atomic mass is 19.4. The monoisotopic (exact) mass is 346 g/mol. The highest BCUT2D eigenvalue weighted by molar-refractivity contribution is 5.94. The minimum Gasteiger partial charge on any atom is -0.481 e. The summed E-state index contributed by atoms with van der Waals surface area (Å²) in [7, 11) is 0. The van der Waals surface area contributed by atoms with Crippen LogP contribution in [-0.4, -0.2) is 20.6 Å². The molecule has 0 radical (unpaired) electrons. The number of pyridine rings is 1. The van der Waals surface area contributed by atoms with Crippen molar-refractivity contribution < 1.29 is 23.1 Å². The Balaban J connectivity index is 1.79. The third-order valence-electron chi connectivity index (χ3n) is 4.54. The summed E-state index contributed by atoms with van der Waals surface area (Å²) in [4.78, 5) is 15.5. The summed E-state index contributed by atoms with van der Waals surface area (Å²) < 4.78 is 40.0. The molecule has 1 aliphatic rings. The summed E-state index contributed by atoms with van der Waals surface area (Å²) >= 11 is 0. The van der Waals surface area contributed by atoms with E-state index < -0.39 is 23.6 Å². The maximum absolute atomic E-state index is 12.7. The number of carboxylic acids is 1. The average molecular weight is 346 g/mol. The number of fused-ring (bicyclic) bond motifs is 1. The van der Waals surface area contributed by atoms with Gasteiger partial charge in [-0.05, 0) is 36.2 Å². The molecule has 1 unspecified atom stereocenters. The molecule has 1 saturated carbocycles. The highest BCUT2D eigenvalue weighted by Gasteiger charge is 2.45. The number of hydrogen-bond donors (Lipinski definition) is 1. The molecule has 2 atom stereocenters. The van der Waals surface area contributed by atoms with E-state index in [1.165, 1.54) is 12.1 Å². The molecule has 7 heteroatoms.